The molecule has 1 aromatic rings. The van der Waals surface area contributed by atoms with Crippen molar-refractivity contribution in [2.24, 2.45) is 0 Å². The summed E-state index contributed by atoms with van der Waals surface area (Å²) >= 11 is 0. The summed E-state index contributed by atoms with van der Waals surface area (Å²) in [5.41, 5.74) is 0. The highest BCUT2D eigenvalue weighted by Gasteiger charge is 2.21. The predicted molar refractivity (Wildman–Crippen MR) is 38.4 cm³/mol. The summed E-state index contributed by atoms with van der Waals surface area (Å²) in [5.74, 6) is -2.81. The van der Waals surface area contributed by atoms with Crippen LogP contribution in [-0.2, 0) is 6.54 Å². The molecule has 0 bridgehead atoms. The number of aryl methyl sites for hydroxylation is 1. The van der Waals surface area contributed by atoms with Crippen LogP contribution in [0.3, 0.4) is 0 Å². The molecule has 1 heterocycles. The van der Waals surface area contributed by atoms with Gasteiger partial charge in [0.2, 0.25) is 11.7 Å². The van der Waals surface area contributed by atoms with E-state index in [0.717, 1.165) is 11.6 Å². The molecule has 0 atom stereocenters. The molecular formula is C6H8F2N4O. The first-order valence-corrected chi connectivity index (χ1v) is 3.62. The van der Waals surface area contributed by atoms with Gasteiger partial charge in [-0.2, -0.15) is 0 Å². The molecule has 1 rings (SSSR count). The number of carbonyl (C=O) groups is 1. The highest BCUT2D eigenvalue weighted by molar-refractivity contribution is 5.68. The Kier molecular flexibility index (Phi) is 2.64. The van der Waals surface area contributed by atoms with E-state index >= 15 is 0 Å². The van der Waals surface area contributed by atoms with Crippen molar-refractivity contribution >= 4 is 6.29 Å². The van der Waals surface area contributed by atoms with Gasteiger partial charge in [0, 0.05) is 6.42 Å². The SMILES string of the molecule is CC(F)(F)CCn1nnnc1C=O. The highest BCUT2D eigenvalue weighted by atomic mass is 19.3. The van der Waals surface area contributed by atoms with Crippen molar-refractivity contribution in [1.29, 1.82) is 0 Å². The van der Waals surface area contributed by atoms with Crippen LogP contribution in [0, 0.1) is 0 Å². The minimum Gasteiger partial charge on any atom is -0.294 e. The molecule has 1 aromatic heterocycles. The lowest BCUT2D eigenvalue weighted by molar-refractivity contribution is 0.00748. The van der Waals surface area contributed by atoms with Crippen molar-refractivity contribution < 1.29 is 13.6 Å². The largest absolute Gasteiger partial charge is 0.294 e. The van der Waals surface area contributed by atoms with E-state index in [1.807, 2.05) is 0 Å². The van der Waals surface area contributed by atoms with E-state index in [0.29, 0.717) is 6.29 Å². The maximum atomic E-state index is 12.4. The summed E-state index contributed by atoms with van der Waals surface area (Å²) in [4.78, 5) is 10.3. The Morgan fingerprint density at radius 3 is 2.85 bits per heavy atom. The fraction of sp³-hybridized carbons (Fsp3) is 0.667. The molecule has 0 N–H and O–H groups in total. The molecule has 0 radical (unpaired) electrons. The molecule has 13 heavy (non-hydrogen) atoms. The van der Waals surface area contributed by atoms with Crippen LogP contribution in [0.15, 0.2) is 0 Å². The number of hydrogen-bond donors (Lipinski definition) is 0. The van der Waals surface area contributed by atoms with Gasteiger partial charge >= 0.3 is 0 Å². The van der Waals surface area contributed by atoms with Crippen LogP contribution in [0.1, 0.15) is 24.0 Å². The first-order chi connectivity index (χ1) is 6.03. The average molecular weight is 190 g/mol. The normalized spacial score (nSPS) is 11.6. The minimum atomic E-state index is -2.77. The highest BCUT2D eigenvalue weighted by Crippen LogP contribution is 2.17. The van der Waals surface area contributed by atoms with Crippen LogP contribution < -0.4 is 0 Å². The number of aromatic nitrogens is 4. The van der Waals surface area contributed by atoms with Gasteiger partial charge in [-0.25, -0.2) is 13.5 Å². The zero-order valence-corrected chi connectivity index (χ0v) is 6.94. The van der Waals surface area contributed by atoms with Crippen LogP contribution in [0.4, 0.5) is 8.78 Å². The van der Waals surface area contributed by atoms with E-state index in [4.69, 9.17) is 0 Å². The Labute approximate surface area is 72.7 Å². The third-order valence-corrected chi connectivity index (χ3v) is 1.43. The maximum absolute atomic E-state index is 12.4. The summed E-state index contributed by atoms with van der Waals surface area (Å²) in [7, 11) is 0. The van der Waals surface area contributed by atoms with Crippen LogP contribution in [0.5, 0.6) is 0 Å². The van der Waals surface area contributed by atoms with E-state index in [9.17, 15) is 13.6 Å². The van der Waals surface area contributed by atoms with E-state index in [1.165, 1.54) is 0 Å². The van der Waals surface area contributed by atoms with Gasteiger partial charge in [0.25, 0.3) is 0 Å². The smallest absolute Gasteiger partial charge is 0.247 e. The van der Waals surface area contributed by atoms with Crippen molar-refractivity contribution in [2.45, 2.75) is 25.8 Å². The average Bonchev–Trinajstić information content (AvgIpc) is 2.46. The molecule has 0 spiro atoms. The van der Waals surface area contributed by atoms with Gasteiger partial charge in [-0.3, -0.25) is 4.79 Å². The number of aldehydes is 1. The zero-order chi connectivity index (χ0) is 9.90. The summed E-state index contributed by atoms with van der Waals surface area (Å²) in [6, 6.07) is 0. The van der Waals surface area contributed by atoms with Crippen molar-refractivity contribution in [3.8, 4) is 0 Å². The summed E-state index contributed by atoms with van der Waals surface area (Å²) in [5, 5.41) is 9.89. The number of hydrogen-bond acceptors (Lipinski definition) is 4. The molecule has 72 valence electrons. The van der Waals surface area contributed by atoms with Gasteiger partial charge in [0.15, 0.2) is 6.29 Å². The molecule has 7 heteroatoms. The topological polar surface area (TPSA) is 60.7 Å². The molecule has 0 unspecified atom stereocenters. The Bertz CT molecular complexity index is 293. The van der Waals surface area contributed by atoms with Crippen LogP contribution >= 0.6 is 0 Å². The lowest BCUT2D eigenvalue weighted by Gasteiger charge is -2.08. The fourth-order valence-electron chi connectivity index (χ4n) is 0.757. The Morgan fingerprint density at radius 2 is 2.31 bits per heavy atom. The van der Waals surface area contributed by atoms with Crippen LogP contribution in [0.25, 0.3) is 0 Å². The van der Waals surface area contributed by atoms with Crippen molar-refractivity contribution in [2.75, 3.05) is 0 Å². The lowest BCUT2D eigenvalue weighted by atomic mass is 10.3. The Hall–Kier alpha value is -1.40. The standard InChI is InChI=1S/C6H8F2N4O/c1-6(7,8)2-3-12-5(4-13)9-10-11-12/h4H,2-3H2,1H3. The predicted octanol–water partition coefficient (Wildman–Crippen LogP) is 0.531. The summed E-state index contributed by atoms with van der Waals surface area (Å²) in [6.45, 7) is 0.739. The molecule has 5 nitrogen and oxygen atoms in total. The lowest BCUT2D eigenvalue weighted by Crippen LogP contribution is -2.16. The maximum Gasteiger partial charge on any atom is 0.247 e. The van der Waals surface area contributed by atoms with Gasteiger partial charge in [-0.1, -0.05) is 0 Å². The molecule has 0 amide bonds. The summed E-state index contributed by atoms with van der Waals surface area (Å²) < 4.78 is 25.8. The molecule has 0 aliphatic rings. The first-order valence-electron chi connectivity index (χ1n) is 3.62. The van der Waals surface area contributed by atoms with Gasteiger partial charge < -0.3 is 0 Å². The van der Waals surface area contributed by atoms with Gasteiger partial charge in [-0.05, 0) is 17.4 Å². The Morgan fingerprint density at radius 1 is 1.62 bits per heavy atom. The second-order valence-electron chi connectivity index (χ2n) is 2.70. The molecule has 0 aromatic carbocycles. The minimum absolute atomic E-state index is 0.0377. The quantitative estimate of drug-likeness (QED) is 0.650. The van der Waals surface area contributed by atoms with E-state index in [1.54, 1.807) is 0 Å². The van der Waals surface area contributed by atoms with E-state index in [2.05, 4.69) is 15.5 Å². The monoisotopic (exact) mass is 190 g/mol. The number of alkyl halides is 2. The number of tetrazole rings is 1. The van der Waals surface area contributed by atoms with Crippen molar-refractivity contribution in [1.82, 2.24) is 20.2 Å². The van der Waals surface area contributed by atoms with Crippen LogP contribution in [-0.4, -0.2) is 32.4 Å². The second-order valence-corrected chi connectivity index (χ2v) is 2.70. The van der Waals surface area contributed by atoms with E-state index < -0.39 is 12.3 Å². The molecule has 0 saturated carbocycles. The van der Waals surface area contributed by atoms with Crippen molar-refractivity contribution in [3.05, 3.63) is 5.82 Å². The molecule has 0 saturated heterocycles. The molecular weight excluding hydrogens is 182 g/mol. The first kappa shape index (κ1) is 9.69. The zero-order valence-electron chi connectivity index (χ0n) is 6.94. The third-order valence-electron chi connectivity index (χ3n) is 1.43. The van der Waals surface area contributed by atoms with Gasteiger partial charge in [-0.15, -0.1) is 5.10 Å². The number of halogens is 2. The van der Waals surface area contributed by atoms with Crippen molar-refractivity contribution in [3.63, 3.8) is 0 Å². The second kappa shape index (κ2) is 3.55. The third kappa shape index (κ3) is 2.85. The van der Waals surface area contributed by atoms with Gasteiger partial charge in [0.1, 0.15) is 0 Å². The van der Waals surface area contributed by atoms with Gasteiger partial charge in [0.05, 0.1) is 6.54 Å². The molecule has 0 aliphatic carbocycles. The van der Waals surface area contributed by atoms with E-state index in [-0.39, 0.29) is 12.4 Å². The Balaban J connectivity index is 2.59. The van der Waals surface area contributed by atoms with Crippen LogP contribution in [0.2, 0.25) is 0 Å². The number of rotatable bonds is 4. The summed E-state index contributed by atoms with van der Waals surface area (Å²) in [6.07, 6.45) is 0.0344. The number of carbonyl (C=O) groups excluding carboxylic acids is 1. The molecule has 0 fully saturated rings. The number of nitrogens with zero attached hydrogens (tertiary/aromatic N) is 4. The fourth-order valence-corrected chi connectivity index (χ4v) is 0.757. The molecule has 0 aliphatic heterocycles.